The lowest BCUT2D eigenvalue weighted by Gasteiger charge is -2.11. The second kappa shape index (κ2) is 2.84. The summed E-state index contributed by atoms with van der Waals surface area (Å²) in [5.41, 5.74) is 6.24. The van der Waals surface area contributed by atoms with Crippen LogP contribution in [0.5, 0.6) is 0 Å². The van der Waals surface area contributed by atoms with Gasteiger partial charge in [0.05, 0.1) is 0 Å². The molecule has 1 fully saturated rings. The Hall–Kier alpha value is -0.830. The Labute approximate surface area is 79.0 Å². The number of nitrogens with two attached hydrogens (primary N) is 1. The molecule has 0 saturated heterocycles. The highest BCUT2D eigenvalue weighted by Crippen LogP contribution is 2.43. The topological polar surface area (TPSA) is 43.8 Å². The Balaban J connectivity index is 1.90. The lowest BCUT2D eigenvalue weighted by atomic mass is 10.1. The molecule has 0 spiro atoms. The van der Waals surface area contributed by atoms with E-state index in [1.165, 1.54) is 6.42 Å². The predicted octanol–water partition coefficient (Wildman–Crippen LogP) is 1.32. The van der Waals surface area contributed by atoms with Crippen molar-refractivity contribution in [1.82, 2.24) is 9.55 Å². The molecule has 0 bridgehead atoms. The van der Waals surface area contributed by atoms with Crippen molar-refractivity contribution >= 4 is 0 Å². The van der Waals surface area contributed by atoms with Crippen LogP contribution in [0.3, 0.4) is 0 Å². The number of aryl methyl sites for hydroxylation is 2. The zero-order chi connectivity index (χ0) is 9.47. The summed E-state index contributed by atoms with van der Waals surface area (Å²) in [5.74, 6) is 1.79. The molecule has 0 aromatic carbocycles. The van der Waals surface area contributed by atoms with Gasteiger partial charge in [-0.3, -0.25) is 0 Å². The maximum Gasteiger partial charge on any atom is 0.105 e. The third-order valence-corrected chi connectivity index (χ3v) is 3.25. The quantitative estimate of drug-likeness (QED) is 0.760. The Morgan fingerprint density at radius 3 is 2.92 bits per heavy atom. The first kappa shape index (κ1) is 8.75. The molecule has 1 aromatic heterocycles. The fourth-order valence-corrected chi connectivity index (χ4v) is 1.83. The molecule has 72 valence electrons. The van der Waals surface area contributed by atoms with Crippen molar-refractivity contribution in [3.63, 3.8) is 0 Å². The minimum atomic E-state index is 0.122. The predicted molar refractivity (Wildman–Crippen MR) is 52.3 cm³/mol. The molecule has 2 unspecified atom stereocenters. The zero-order valence-electron chi connectivity index (χ0n) is 8.33. The first-order valence-electron chi connectivity index (χ1n) is 4.88. The van der Waals surface area contributed by atoms with Gasteiger partial charge in [-0.25, -0.2) is 4.98 Å². The van der Waals surface area contributed by atoms with Gasteiger partial charge in [0.15, 0.2) is 0 Å². The van der Waals surface area contributed by atoms with Crippen LogP contribution in [0.1, 0.15) is 25.6 Å². The second-order valence-corrected chi connectivity index (χ2v) is 4.26. The van der Waals surface area contributed by atoms with Gasteiger partial charge in [0.25, 0.3) is 0 Å². The first-order chi connectivity index (χ1) is 6.12. The molecule has 0 amide bonds. The minimum absolute atomic E-state index is 0.122. The number of imidazole rings is 1. The van der Waals surface area contributed by atoms with E-state index in [2.05, 4.69) is 16.5 Å². The van der Waals surface area contributed by atoms with Crippen LogP contribution in [-0.2, 0) is 6.54 Å². The number of hydrogen-bond donors (Lipinski definition) is 1. The van der Waals surface area contributed by atoms with Gasteiger partial charge in [-0.05, 0) is 25.7 Å². The third-order valence-electron chi connectivity index (χ3n) is 3.25. The van der Waals surface area contributed by atoms with E-state index >= 15 is 0 Å². The minimum Gasteiger partial charge on any atom is -0.335 e. The van der Waals surface area contributed by atoms with Crippen LogP contribution in [0.15, 0.2) is 12.4 Å². The number of aromatic nitrogens is 2. The van der Waals surface area contributed by atoms with Crippen molar-refractivity contribution in [1.29, 1.82) is 0 Å². The monoisotopic (exact) mass is 179 g/mol. The van der Waals surface area contributed by atoms with Crippen molar-refractivity contribution < 1.29 is 0 Å². The molecule has 0 aliphatic heterocycles. The van der Waals surface area contributed by atoms with E-state index in [4.69, 9.17) is 5.73 Å². The summed E-state index contributed by atoms with van der Waals surface area (Å²) in [7, 11) is 0. The molecule has 2 rings (SSSR count). The average molecular weight is 179 g/mol. The van der Waals surface area contributed by atoms with Gasteiger partial charge >= 0.3 is 0 Å². The molecule has 1 aliphatic carbocycles. The van der Waals surface area contributed by atoms with Gasteiger partial charge in [-0.1, -0.05) is 6.92 Å². The summed E-state index contributed by atoms with van der Waals surface area (Å²) in [4.78, 5) is 4.18. The van der Waals surface area contributed by atoms with E-state index in [9.17, 15) is 0 Å². The van der Waals surface area contributed by atoms with E-state index in [-0.39, 0.29) is 5.54 Å². The Kier molecular flexibility index (Phi) is 1.91. The van der Waals surface area contributed by atoms with Gasteiger partial charge in [0.2, 0.25) is 0 Å². The van der Waals surface area contributed by atoms with E-state index in [1.807, 2.05) is 19.3 Å². The van der Waals surface area contributed by atoms with Crippen LogP contribution in [0.2, 0.25) is 0 Å². The summed E-state index contributed by atoms with van der Waals surface area (Å²) in [5, 5.41) is 0. The molecule has 1 heterocycles. The normalized spacial score (nSPS) is 32.1. The molecule has 3 heteroatoms. The number of rotatable bonds is 3. The van der Waals surface area contributed by atoms with Gasteiger partial charge in [0.1, 0.15) is 5.82 Å². The fraction of sp³-hybridized carbons (Fsp3) is 0.700. The van der Waals surface area contributed by atoms with E-state index in [1.54, 1.807) is 0 Å². The average Bonchev–Trinajstić information content (AvgIpc) is 2.50. The van der Waals surface area contributed by atoms with Crippen molar-refractivity contribution in [3.8, 4) is 0 Å². The number of hydrogen-bond acceptors (Lipinski definition) is 2. The highest BCUT2D eigenvalue weighted by atomic mass is 15.1. The van der Waals surface area contributed by atoms with Crippen molar-refractivity contribution in [2.75, 3.05) is 0 Å². The lowest BCUT2D eigenvalue weighted by Crippen LogP contribution is -2.26. The maximum atomic E-state index is 6.12. The van der Waals surface area contributed by atoms with Gasteiger partial charge < -0.3 is 10.3 Å². The number of nitrogens with zero attached hydrogens (tertiary/aromatic N) is 2. The van der Waals surface area contributed by atoms with Crippen molar-refractivity contribution in [2.45, 2.75) is 38.8 Å². The van der Waals surface area contributed by atoms with Crippen molar-refractivity contribution in [3.05, 3.63) is 18.2 Å². The molecular weight excluding hydrogens is 162 g/mol. The maximum absolute atomic E-state index is 6.12. The van der Waals surface area contributed by atoms with Gasteiger partial charge in [0, 0.05) is 24.5 Å². The van der Waals surface area contributed by atoms with Gasteiger partial charge in [-0.2, -0.15) is 0 Å². The van der Waals surface area contributed by atoms with E-state index in [0.29, 0.717) is 5.92 Å². The largest absolute Gasteiger partial charge is 0.335 e. The standard InChI is InChI=1S/C10H17N3/c1-8-7-10(8,11)3-5-13-6-4-12-9(13)2/h4,6,8H,3,5,7,11H2,1-2H3. The molecule has 2 N–H and O–H groups in total. The van der Waals surface area contributed by atoms with Crippen LogP contribution in [-0.4, -0.2) is 15.1 Å². The summed E-state index contributed by atoms with van der Waals surface area (Å²) in [6.07, 6.45) is 6.12. The summed E-state index contributed by atoms with van der Waals surface area (Å²) in [6, 6.07) is 0. The lowest BCUT2D eigenvalue weighted by molar-refractivity contribution is 0.499. The second-order valence-electron chi connectivity index (χ2n) is 4.26. The molecule has 1 aliphatic rings. The molecule has 1 saturated carbocycles. The molecule has 13 heavy (non-hydrogen) atoms. The Morgan fingerprint density at radius 1 is 1.77 bits per heavy atom. The van der Waals surface area contributed by atoms with E-state index in [0.717, 1.165) is 18.8 Å². The smallest absolute Gasteiger partial charge is 0.105 e. The van der Waals surface area contributed by atoms with Crippen molar-refractivity contribution in [2.24, 2.45) is 11.7 Å². The summed E-state index contributed by atoms with van der Waals surface area (Å²) >= 11 is 0. The highest BCUT2D eigenvalue weighted by Gasteiger charge is 2.46. The fourth-order valence-electron chi connectivity index (χ4n) is 1.83. The van der Waals surface area contributed by atoms with Crippen LogP contribution >= 0.6 is 0 Å². The SMILES string of the molecule is Cc1nccn1CCC1(N)CC1C. The molecule has 2 atom stereocenters. The van der Waals surface area contributed by atoms with Crippen LogP contribution < -0.4 is 5.73 Å². The van der Waals surface area contributed by atoms with E-state index < -0.39 is 0 Å². The molecule has 3 nitrogen and oxygen atoms in total. The molecule has 1 aromatic rings. The molecular formula is C10H17N3. The van der Waals surface area contributed by atoms with Crippen LogP contribution in [0, 0.1) is 12.8 Å². The Bertz CT molecular complexity index is 305. The summed E-state index contributed by atoms with van der Waals surface area (Å²) < 4.78 is 2.17. The first-order valence-corrected chi connectivity index (χ1v) is 4.88. The highest BCUT2D eigenvalue weighted by molar-refractivity contribution is 5.05. The third kappa shape index (κ3) is 1.61. The zero-order valence-corrected chi connectivity index (χ0v) is 8.33. The van der Waals surface area contributed by atoms with Crippen LogP contribution in [0.4, 0.5) is 0 Å². The van der Waals surface area contributed by atoms with Crippen LogP contribution in [0.25, 0.3) is 0 Å². The molecule has 0 radical (unpaired) electrons. The van der Waals surface area contributed by atoms with Gasteiger partial charge in [-0.15, -0.1) is 0 Å². The summed E-state index contributed by atoms with van der Waals surface area (Å²) in [6.45, 7) is 5.26. The Morgan fingerprint density at radius 2 is 2.46 bits per heavy atom.